The normalized spacial score (nSPS) is 14.5. The van der Waals surface area contributed by atoms with Crippen molar-refractivity contribution < 1.29 is 4.74 Å². The van der Waals surface area contributed by atoms with E-state index in [4.69, 9.17) is 10.5 Å². The van der Waals surface area contributed by atoms with Crippen molar-refractivity contribution in [2.45, 2.75) is 19.3 Å². The third-order valence-corrected chi connectivity index (χ3v) is 2.75. The van der Waals surface area contributed by atoms with Gasteiger partial charge in [0, 0.05) is 13.1 Å². The molecule has 0 saturated carbocycles. The molecule has 0 radical (unpaired) electrons. The van der Waals surface area contributed by atoms with Gasteiger partial charge in [0.25, 0.3) is 0 Å². The molecule has 0 amide bonds. The zero-order valence-electron chi connectivity index (χ0n) is 9.89. The number of ether oxygens (including phenoxy) is 1. The van der Waals surface area contributed by atoms with E-state index < -0.39 is 0 Å². The van der Waals surface area contributed by atoms with Gasteiger partial charge in [-0.1, -0.05) is 0 Å². The summed E-state index contributed by atoms with van der Waals surface area (Å²) >= 11 is 0. The summed E-state index contributed by atoms with van der Waals surface area (Å²) in [4.78, 5) is 6.68. The molecular formula is C11H19Cl2N3O. The first-order valence-corrected chi connectivity index (χ1v) is 5.37. The number of nitrogen functional groups attached to an aromatic ring is 1. The van der Waals surface area contributed by atoms with Crippen molar-refractivity contribution in [3.63, 3.8) is 0 Å². The maximum atomic E-state index is 5.72. The molecule has 1 fully saturated rings. The molecule has 0 aliphatic carbocycles. The average Bonchev–Trinajstić information content (AvgIpc) is 2.31. The number of aromatic nitrogens is 1. The highest BCUT2D eigenvalue weighted by atomic mass is 35.5. The summed E-state index contributed by atoms with van der Waals surface area (Å²) < 4.78 is 5.11. The van der Waals surface area contributed by atoms with Gasteiger partial charge in [0.2, 0.25) is 5.88 Å². The molecule has 0 spiro atoms. The minimum Gasteiger partial charge on any atom is -0.479 e. The number of anilines is 2. The van der Waals surface area contributed by atoms with Crippen molar-refractivity contribution in [2.75, 3.05) is 30.8 Å². The highest BCUT2D eigenvalue weighted by Gasteiger charge is 2.13. The van der Waals surface area contributed by atoms with E-state index in [2.05, 4.69) is 9.88 Å². The fraction of sp³-hybridized carbons (Fsp3) is 0.545. The van der Waals surface area contributed by atoms with Crippen LogP contribution >= 0.6 is 24.8 Å². The zero-order valence-corrected chi connectivity index (χ0v) is 11.5. The molecule has 2 heterocycles. The summed E-state index contributed by atoms with van der Waals surface area (Å²) in [5.74, 6) is 1.50. The van der Waals surface area contributed by atoms with Crippen LogP contribution in [0.3, 0.4) is 0 Å². The fourth-order valence-electron chi connectivity index (χ4n) is 1.90. The minimum atomic E-state index is 0. The molecule has 4 nitrogen and oxygen atoms in total. The average molecular weight is 280 g/mol. The first-order valence-electron chi connectivity index (χ1n) is 5.37. The van der Waals surface area contributed by atoms with Crippen LogP contribution in [-0.2, 0) is 0 Å². The number of halogens is 2. The molecule has 1 aromatic rings. The lowest BCUT2D eigenvalue weighted by molar-refractivity contribution is 0.399. The predicted molar refractivity (Wildman–Crippen MR) is 75.8 cm³/mol. The van der Waals surface area contributed by atoms with Crippen LogP contribution in [-0.4, -0.2) is 25.2 Å². The molecule has 2 rings (SSSR count). The van der Waals surface area contributed by atoms with Gasteiger partial charge >= 0.3 is 0 Å². The molecule has 17 heavy (non-hydrogen) atoms. The number of nitrogens with zero attached hydrogens (tertiary/aromatic N) is 2. The Kier molecular flexibility index (Phi) is 7.07. The Morgan fingerprint density at radius 2 is 1.82 bits per heavy atom. The van der Waals surface area contributed by atoms with Gasteiger partial charge in [-0.05, 0) is 31.4 Å². The summed E-state index contributed by atoms with van der Waals surface area (Å²) in [6.07, 6.45) is 3.81. The SMILES string of the molecule is COc1nc(N2CCCCC2)ccc1N.Cl.Cl. The summed E-state index contributed by atoms with van der Waals surface area (Å²) in [7, 11) is 1.60. The number of piperidine rings is 1. The minimum absolute atomic E-state index is 0. The second-order valence-electron chi connectivity index (χ2n) is 3.82. The number of pyridine rings is 1. The molecule has 0 unspecified atom stereocenters. The second kappa shape index (κ2) is 7.45. The van der Waals surface area contributed by atoms with Crippen LogP contribution in [0.4, 0.5) is 11.5 Å². The number of nitrogens with two attached hydrogens (primary N) is 1. The number of methoxy groups -OCH3 is 1. The van der Waals surface area contributed by atoms with Crippen molar-refractivity contribution in [1.82, 2.24) is 4.98 Å². The zero-order chi connectivity index (χ0) is 10.7. The van der Waals surface area contributed by atoms with Gasteiger partial charge in [0.05, 0.1) is 12.8 Å². The maximum Gasteiger partial charge on any atom is 0.238 e. The quantitative estimate of drug-likeness (QED) is 0.904. The van der Waals surface area contributed by atoms with Crippen LogP contribution in [0.25, 0.3) is 0 Å². The number of rotatable bonds is 2. The largest absolute Gasteiger partial charge is 0.479 e. The predicted octanol–water partition coefficient (Wildman–Crippen LogP) is 2.51. The second-order valence-corrected chi connectivity index (χ2v) is 3.82. The molecule has 98 valence electrons. The van der Waals surface area contributed by atoms with E-state index in [1.807, 2.05) is 12.1 Å². The first kappa shape index (κ1) is 16.1. The Morgan fingerprint density at radius 3 is 2.41 bits per heavy atom. The van der Waals surface area contributed by atoms with Gasteiger partial charge in [-0.25, -0.2) is 0 Å². The van der Waals surface area contributed by atoms with Crippen LogP contribution in [0, 0.1) is 0 Å². The van der Waals surface area contributed by atoms with Crippen LogP contribution in [0.2, 0.25) is 0 Å². The molecule has 1 aliphatic rings. The third kappa shape index (κ3) is 3.82. The standard InChI is InChI=1S/C11H17N3O.2ClH/c1-15-11-9(12)5-6-10(13-11)14-7-3-2-4-8-14;;/h5-6H,2-4,7-8,12H2,1H3;2*1H. The molecule has 2 N–H and O–H groups in total. The molecule has 1 saturated heterocycles. The lowest BCUT2D eigenvalue weighted by atomic mass is 10.1. The van der Waals surface area contributed by atoms with Gasteiger partial charge in [-0.2, -0.15) is 4.98 Å². The van der Waals surface area contributed by atoms with E-state index in [1.165, 1.54) is 19.3 Å². The highest BCUT2D eigenvalue weighted by Crippen LogP contribution is 2.24. The lowest BCUT2D eigenvalue weighted by Crippen LogP contribution is -2.30. The third-order valence-electron chi connectivity index (χ3n) is 2.75. The fourth-order valence-corrected chi connectivity index (χ4v) is 1.90. The van der Waals surface area contributed by atoms with Crippen LogP contribution in [0.5, 0.6) is 5.88 Å². The van der Waals surface area contributed by atoms with Crippen molar-refractivity contribution >= 4 is 36.3 Å². The number of hydrogen-bond acceptors (Lipinski definition) is 4. The van der Waals surface area contributed by atoms with Gasteiger partial charge in [0.15, 0.2) is 0 Å². The Morgan fingerprint density at radius 1 is 1.18 bits per heavy atom. The van der Waals surface area contributed by atoms with E-state index in [-0.39, 0.29) is 24.8 Å². The molecular weight excluding hydrogens is 261 g/mol. The van der Waals surface area contributed by atoms with Crippen LogP contribution in [0.1, 0.15) is 19.3 Å². The van der Waals surface area contributed by atoms with E-state index in [1.54, 1.807) is 7.11 Å². The van der Waals surface area contributed by atoms with E-state index >= 15 is 0 Å². The molecule has 1 aromatic heterocycles. The van der Waals surface area contributed by atoms with Crippen molar-refractivity contribution in [3.8, 4) is 5.88 Å². The Hall–Kier alpha value is -0.870. The molecule has 1 aliphatic heterocycles. The summed E-state index contributed by atoms with van der Waals surface area (Å²) in [5, 5.41) is 0. The summed E-state index contributed by atoms with van der Waals surface area (Å²) in [5.41, 5.74) is 6.32. The summed E-state index contributed by atoms with van der Waals surface area (Å²) in [6, 6.07) is 3.82. The number of hydrogen-bond donors (Lipinski definition) is 1. The lowest BCUT2D eigenvalue weighted by Gasteiger charge is -2.27. The van der Waals surface area contributed by atoms with Crippen molar-refractivity contribution in [2.24, 2.45) is 0 Å². The Balaban J connectivity index is 0.00000128. The van der Waals surface area contributed by atoms with Gasteiger partial charge in [0.1, 0.15) is 5.82 Å². The molecule has 0 atom stereocenters. The molecule has 6 heteroatoms. The van der Waals surface area contributed by atoms with E-state index in [0.717, 1.165) is 18.9 Å². The topological polar surface area (TPSA) is 51.4 Å². The van der Waals surface area contributed by atoms with Crippen LogP contribution < -0.4 is 15.4 Å². The van der Waals surface area contributed by atoms with Gasteiger partial charge in [-0.3, -0.25) is 0 Å². The first-order chi connectivity index (χ1) is 7.31. The molecule has 0 aromatic carbocycles. The smallest absolute Gasteiger partial charge is 0.238 e. The monoisotopic (exact) mass is 279 g/mol. The molecule has 0 bridgehead atoms. The van der Waals surface area contributed by atoms with E-state index in [0.29, 0.717) is 11.6 Å². The highest BCUT2D eigenvalue weighted by molar-refractivity contribution is 5.85. The van der Waals surface area contributed by atoms with Crippen LogP contribution in [0.15, 0.2) is 12.1 Å². The van der Waals surface area contributed by atoms with Crippen molar-refractivity contribution in [3.05, 3.63) is 12.1 Å². The van der Waals surface area contributed by atoms with Gasteiger partial charge < -0.3 is 15.4 Å². The van der Waals surface area contributed by atoms with E-state index in [9.17, 15) is 0 Å². The Labute approximate surface area is 114 Å². The Bertz CT molecular complexity index is 343. The summed E-state index contributed by atoms with van der Waals surface area (Å²) in [6.45, 7) is 2.17. The van der Waals surface area contributed by atoms with Crippen molar-refractivity contribution in [1.29, 1.82) is 0 Å². The maximum absolute atomic E-state index is 5.72. The van der Waals surface area contributed by atoms with Gasteiger partial charge in [-0.15, -0.1) is 24.8 Å².